The Balaban J connectivity index is 1.59. The molecule has 0 aliphatic carbocycles. The number of carbonyl (C=O) groups is 3. The predicted octanol–water partition coefficient (Wildman–Crippen LogP) is 3.82. The standard InChI is InChI=1S/C23H26N2O5/c1-3-30-18-9-6-16(7-10-18)20(26)11-13-22(27)24-17-8-12-21(29-2)19(15-17)25-14-4-5-23(25)28/h6-10,12,15H,3-5,11,13-14H2,1-2H3,(H,24,27). The molecule has 2 amide bonds. The van der Waals surface area contributed by atoms with Gasteiger partial charge in [-0.2, -0.15) is 0 Å². The quantitative estimate of drug-likeness (QED) is 0.635. The summed E-state index contributed by atoms with van der Waals surface area (Å²) in [5.74, 6) is 0.953. The molecule has 1 aliphatic heterocycles. The Labute approximate surface area is 176 Å². The van der Waals surface area contributed by atoms with E-state index in [-0.39, 0.29) is 30.4 Å². The van der Waals surface area contributed by atoms with Crippen LogP contribution in [0.15, 0.2) is 42.5 Å². The SMILES string of the molecule is CCOc1ccc(C(=O)CCC(=O)Nc2ccc(OC)c(N3CCCC3=O)c2)cc1. The molecule has 30 heavy (non-hydrogen) atoms. The molecule has 0 unspecified atom stereocenters. The van der Waals surface area contributed by atoms with Gasteiger partial charge in [0.15, 0.2) is 5.78 Å². The van der Waals surface area contributed by atoms with Crippen molar-refractivity contribution in [1.82, 2.24) is 0 Å². The van der Waals surface area contributed by atoms with Crippen molar-refractivity contribution < 1.29 is 23.9 Å². The first-order valence-electron chi connectivity index (χ1n) is 10.1. The van der Waals surface area contributed by atoms with E-state index < -0.39 is 0 Å². The fourth-order valence-corrected chi connectivity index (χ4v) is 3.38. The first-order valence-corrected chi connectivity index (χ1v) is 10.1. The van der Waals surface area contributed by atoms with Gasteiger partial charge in [0.05, 0.1) is 19.4 Å². The van der Waals surface area contributed by atoms with Crippen molar-refractivity contribution >= 4 is 29.0 Å². The zero-order chi connectivity index (χ0) is 21.5. The van der Waals surface area contributed by atoms with E-state index in [9.17, 15) is 14.4 Å². The van der Waals surface area contributed by atoms with Gasteiger partial charge in [0.1, 0.15) is 11.5 Å². The molecule has 2 aromatic carbocycles. The molecule has 1 N–H and O–H groups in total. The van der Waals surface area contributed by atoms with Gasteiger partial charge in [-0.25, -0.2) is 0 Å². The third-order valence-electron chi connectivity index (χ3n) is 4.89. The van der Waals surface area contributed by atoms with Crippen LogP contribution in [-0.4, -0.2) is 37.9 Å². The molecule has 0 atom stereocenters. The summed E-state index contributed by atoms with van der Waals surface area (Å²) in [5.41, 5.74) is 1.75. The van der Waals surface area contributed by atoms with E-state index >= 15 is 0 Å². The van der Waals surface area contributed by atoms with Crippen LogP contribution < -0.4 is 19.7 Å². The summed E-state index contributed by atoms with van der Waals surface area (Å²) in [6.45, 7) is 3.09. The molecule has 0 bridgehead atoms. The van der Waals surface area contributed by atoms with Crippen LogP contribution in [-0.2, 0) is 9.59 Å². The summed E-state index contributed by atoms with van der Waals surface area (Å²) in [6.07, 6.45) is 1.48. The van der Waals surface area contributed by atoms with Crippen molar-refractivity contribution in [2.75, 3.05) is 30.5 Å². The highest BCUT2D eigenvalue weighted by atomic mass is 16.5. The second-order valence-corrected chi connectivity index (χ2v) is 6.96. The maximum Gasteiger partial charge on any atom is 0.227 e. The zero-order valence-electron chi connectivity index (χ0n) is 17.3. The van der Waals surface area contributed by atoms with Crippen LogP contribution in [0.5, 0.6) is 11.5 Å². The van der Waals surface area contributed by atoms with Gasteiger partial charge in [0.2, 0.25) is 11.8 Å². The number of nitrogens with one attached hydrogen (secondary N) is 1. The number of amides is 2. The predicted molar refractivity (Wildman–Crippen MR) is 114 cm³/mol. The minimum Gasteiger partial charge on any atom is -0.495 e. The Morgan fingerprint density at radius 3 is 2.50 bits per heavy atom. The van der Waals surface area contributed by atoms with Crippen LogP contribution in [0.4, 0.5) is 11.4 Å². The van der Waals surface area contributed by atoms with Crippen molar-refractivity contribution in [3.63, 3.8) is 0 Å². The maximum absolute atomic E-state index is 12.3. The summed E-state index contributed by atoms with van der Waals surface area (Å²) in [6, 6.07) is 12.1. The number of carbonyl (C=O) groups excluding carboxylic acids is 3. The van der Waals surface area contributed by atoms with E-state index in [1.165, 1.54) is 0 Å². The first kappa shape index (κ1) is 21.4. The number of rotatable bonds is 9. The topological polar surface area (TPSA) is 84.9 Å². The van der Waals surface area contributed by atoms with Crippen molar-refractivity contribution in [3.8, 4) is 11.5 Å². The van der Waals surface area contributed by atoms with Gasteiger partial charge in [0.25, 0.3) is 0 Å². The lowest BCUT2D eigenvalue weighted by molar-refractivity contribution is -0.117. The molecular weight excluding hydrogens is 384 g/mol. The Bertz CT molecular complexity index is 924. The van der Waals surface area contributed by atoms with Gasteiger partial charge in [-0.05, 0) is 55.8 Å². The smallest absolute Gasteiger partial charge is 0.227 e. The van der Waals surface area contributed by atoms with E-state index in [0.29, 0.717) is 48.0 Å². The van der Waals surface area contributed by atoms with E-state index in [4.69, 9.17) is 9.47 Å². The number of hydrogen-bond donors (Lipinski definition) is 1. The number of anilines is 2. The Hall–Kier alpha value is -3.35. The van der Waals surface area contributed by atoms with Gasteiger partial charge >= 0.3 is 0 Å². The van der Waals surface area contributed by atoms with Crippen LogP contribution >= 0.6 is 0 Å². The number of ketones is 1. The lowest BCUT2D eigenvalue weighted by atomic mass is 10.1. The molecule has 158 valence electrons. The number of Topliss-reactive ketones (excluding diaryl/α,β-unsaturated/α-hetero) is 1. The molecule has 1 heterocycles. The van der Waals surface area contributed by atoms with Crippen LogP contribution in [0.25, 0.3) is 0 Å². The number of benzene rings is 2. The zero-order valence-corrected chi connectivity index (χ0v) is 17.3. The molecule has 0 radical (unpaired) electrons. The molecule has 3 rings (SSSR count). The average Bonchev–Trinajstić information content (AvgIpc) is 3.18. The van der Waals surface area contributed by atoms with Crippen LogP contribution in [0.3, 0.4) is 0 Å². The van der Waals surface area contributed by atoms with Gasteiger partial charge in [0, 0.05) is 37.1 Å². The molecule has 0 saturated carbocycles. The number of methoxy groups -OCH3 is 1. The lowest BCUT2D eigenvalue weighted by Crippen LogP contribution is -2.24. The second kappa shape index (κ2) is 9.91. The third-order valence-corrected chi connectivity index (χ3v) is 4.89. The van der Waals surface area contributed by atoms with Crippen molar-refractivity contribution in [1.29, 1.82) is 0 Å². The highest BCUT2D eigenvalue weighted by Gasteiger charge is 2.25. The molecule has 1 aliphatic rings. The minimum atomic E-state index is -0.266. The van der Waals surface area contributed by atoms with Gasteiger partial charge in [-0.1, -0.05) is 0 Å². The van der Waals surface area contributed by atoms with E-state index in [0.717, 1.165) is 6.42 Å². The van der Waals surface area contributed by atoms with Crippen molar-refractivity contribution in [3.05, 3.63) is 48.0 Å². The molecule has 1 saturated heterocycles. The summed E-state index contributed by atoms with van der Waals surface area (Å²) in [5, 5.41) is 2.80. The van der Waals surface area contributed by atoms with Crippen molar-refractivity contribution in [2.45, 2.75) is 32.6 Å². The van der Waals surface area contributed by atoms with E-state index in [1.54, 1.807) is 54.5 Å². The van der Waals surface area contributed by atoms with Crippen LogP contribution in [0.2, 0.25) is 0 Å². The molecule has 7 nitrogen and oxygen atoms in total. The monoisotopic (exact) mass is 410 g/mol. The molecule has 0 aromatic heterocycles. The molecule has 1 fully saturated rings. The largest absolute Gasteiger partial charge is 0.495 e. The average molecular weight is 410 g/mol. The highest BCUT2D eigenvalue weighted by molar-refractivity contribution is 6.01. The fraction of sp³-hybridized carbons (Fsp3) is 0.348. The number of nitrogens with zero attached hydrogens (tertiary/aromatic N) is 1. The normalized spacial score (nSPS) is 13.3. The minimum absolute atomic E-state index is 0.0396. The summed E-state index contributed by atoms with van der Waals surface area (Å²) in [7, 11) is 1.55. The van der Waals surface area contributed by atoms with E-state index in [1.807, 2.05) is 6.92 Å². The van der Waals surface area contributed by atoms with Crippen molar-refractivity contribution in [2.24, 2.45) is 0 Å². The highest BCUT2D eigenvalue weighted by Crippen LogP contribution is 2.34. The Kier molecular flexibility index (Phi) is 7.06. The Morgan fingerprint density at radius 1 is 1.10 bits per heavy atom. The number of hydrogen-bond acceptors (Lipinski definition) is 5. The molecule has 7 heteroatoms. The second-order valence-electron chi connectivity index (χ2n) is 6.96. The van der Waals surface area contributed by atoms with Gasteiger partial charge < -0.3 is 19.7 Å². The molecule has 0 spiro atoms. The molecular formula is C23H26N2O5. The number of ether oxygens (including phenoxy) is 2. The first-order chi connectivity index (χ1) is 14.5. The summed E-state index contributed by atoms with van der Waals surface area (Å²) < 4.78 is 10.7. The van der Waals surface area contributed by atoms with Gasteiger partial charge in [-0.15, -0.1) is 0 Å². The summed E-state index contributed by atoms with van der Waals surface area (Å²) in [4.78, 5) is 38.4. The molecule has 2 aromatic rings. The maximum atomic E-state index is 12.3. The fourth-order valence-electron chi connectivity index (χ4n) is 3.38. The van der Waals surface area contributed by atoms with Crippen LogP contribution in [0, 0.1) is 0 Å². The Morgan fingerprint density at radius 2 is 1.87 bits per heavy atom. The lowest BCUT2D eigenvalue weighted by Gasteiger charge is -2.20. The van der Waals surface area contributed by atoms with Crippen LogP contribution in [0.1, 0.15) is 43.0 Å². The summed E-state index contributed by atoms with van der Waals surface area (Å²) >= 11 is 0. The van der Waals surface area contributed by atoms with Gasteiger partial charge in [-0.3, -0.25) is 14.4 Å². The third kappa shape index (κ3) is 5.17. The van der Waals surface area contributed by atoms with E-state index in [2.05, 4.69) is 5.32 Å².